The van der Waals surface area contributed by atoms with Crippen LogP contribution in [0.15, 0.2) is 0 Å². The maximum atomic E-state index is 11.5. The summed E-state index contributed by atoms with van der Waals surface area (Å²) < 4.78 is 4.77. The molecule has 0 rings (SSSR count). The predicted octanol–water partition coefficient (Wildman–Crippen LogP) is -0.491. The Morgan fingerprint density at radius 3 is 2.50 bits per heavy atom. The van der Waals surface area contributed by atoms with E-state index >= 15 is 0 Å². The molecule has 3 N–H and O–H groups in total. The van der Waals surface area contributed by atoms with Gasteiger partial charge in [0.05, 0.1) is 6.61 Å². The third kappa shape index (κ3) is 8.51. The topological polar surface area (TPSA) is 105 Å². The highest BCUT2D eigenvalue weighted by molar-refractivity contribution is 5.87. The van der Waals surface area contributed by atoms with E-state index in [0.717, 1.165) is 0 Å². The molecule has 7 nitrogen and oxygen atoms in total. The van der Waals surface area contributed by atoms with E-state index in [4.69, 9.17) is 9.84 Å². The number of nitrogens with one attached hydrogen (secondary N) is 2. The fourth-order valence-corrected chi connectivity index (χ4v) is 1.21. The Morgan fingerprint density at radius 2 is 1.94 bits per heavy atom. The van der Waals surface area contributed by atoms with Crippen molar-refractivity contribution in [1.29, 1.82) is 0 Å². The largest absolute Gasteiger partial charge is 0.481 e. The van der Waals surface area contributed by atoms with Gasteiger partial charge in [0.2, 0.25) is 11.8 Å². The highest BCUT2D eigenvalue weighted by atomic mass is 16.5. The van der Waals surface area contributed by atoms with Gasteiger partial charge in [-0.2, -0.15) is 0 Å². The van der Waals surface area contributed by atoms with Gasteiger partial charge in [-0.3, -0.25) is 14.4 Å². The van der Waals surface area contributed by atoms with Crippen LogP contribution in [0.1, 0.15) is 26.2 Å². The minimum absolute atomic E-state index is 0.0537. The van der Waals surface area contributed by atoms with Crippen molar-refractivity contribution in [3.8, 4) is 0 Å². The number of carboxylic acid groups (broad SMARTS) is 1. The smallest absolute Gasteiger partial charge is 0.303 e. The Labute approximate surface area is 106 Å². The zero-order valence-corrected chi connectivity index (χ0v) is 10.7. The lowest BCUT2D eigenvalue weighted by atomic mass is 10.2. The second-order valence-corrected chi connectivity index (χ2v) is 3.82. The van der Waals surface area contributed by atoms with E-state index in [1.54, 1.807) is 6.92 Å². The molecule has 0 fully saturated rings. The number of aliphatic carboxylic acids is 1. The van der Waals surface area contributed by atoms with Gasteiger partial charge in [0.1, 0.15) is 6.04 Å². The van der Waals surface area contributed by atoms with Crippen LogP contribution in [-0.2, 0) is 19.1 Å². The third-order valence-electron chi connectivity index (χ3n) is 2.17. The van der Waals surface area contributed by atoms with Crippen LogP contribution >= 0.6 is 0 Å². The van der Waals surface area contributed by atoms with Crippen LogP contribution in [0.25, 0.3) is 0 Å². The normalized spacial score (nSPS) is 11.7. The molecular formula is C11H20N2O5. The number of hydrogen-bond donors (Lipinski definition) is 3. The lowest BCUT2D eigenvalue weighted by molar-refractivity contribution is -0.137. The molecule has 1 unspecified atom stereocenters. The lowest BCUT2D eigenvalue weighted by Crippen LogP contribution is -2.45. The molecule has 0 aliphatic rings. The summed E-state index contributed by atoms with van der Waals surface area (Å²) in [6.45, 7) is 2.36. The predicted molar refractivity (Wildman–Crippen MR) is 64.0 cm³/mol. The molecule has 104 valence electrons. The summed E-state index contributed by atoms with van der Waals surface area (Å²) in [7, 11) is 1.53. The van der Waals surface area contributed by atoms with Gasteiger partial charge >= 0.3 is 5.97 Å². The van der Waals surface area contributed by atoms with Gasteiger partial charge in [-0.05, 0) is 13.3 Å². The molecule has 0 radical (unpaired) electrons. The van der Waals surface area contributed by atoms with Gasteiger partial charge in [0.25, 0.3) is 0 Å². The SMILES string of the molecule is COCCNC(=O)C(C)NC(=O)CCCC(=O)O. The highest BCUT2D eigenvalue weighted by Crippen LogP contribution is 1.96. The molecule has 1 atom stereocenters. The van der Waals surface area contributed by atoms with Crippen molar-refractivity contribution in [3.63, 3.8) is 0 Å². The quantitative estimate of drug-likeness (QED) is 0.485. The van der Waals surface area contributed by atoms with Crippen molar-refractivity contribution in [2.24, 2.45) is 0 Å². The van der Waals surface area contributed by atoms with Crippen LogP contribution < -0.4 is 10.6 Å². The van der Waals surface area contributed by atoms with Gasteiger partial charge in [-0.1, -0.05) is 0 Å². The first-order valence-electron chi connectivity index (χ1n) is 5.75. The molecule has 0 saturated heterocycles. The summed E-state index contributed by atoms with van der Waals surface area (Å²) in [5, 5.41) is 13.5. The first-order valence-corrected chi connectivity index (χ1v) is 5.75. The van der Waals surface area contributed by atoms with E-state index in [9.17, 15) is 14.4 Å². The Balaban J connectivity index is 3.77. The Bertz CT molecular complexity index is 293. The van der Waals surface area contributed by atoms with Crippen LogP contribution in [0.3, 0.4) is 0 Å². The van der Waals surface area contributed by atoms with E-state index < -0.39 is 12.0 Å². The van der Waals surface area contributed by atoms with Gasteiger partial charge < -0.3 is 20.5 Å². The Hall–Kier alpha value is -1.63. The zero-order chi connectivity index (χ0) is 14.0. The molecule has 18 heavy (non-hydrogen) atoms. The van der Waals surface area contributed by atoms with Gasteiger partial charge in [-0.25, -0.2) is 0 Å². The summed E-state index contributed by atoms with van der Waals surface area (Å²) in [5.41, 5.74) is 0. The van der Waals surface area contributed by atoms with Crippen molar-refractivity contribution in [2.75, 3.05) is 20.3 Å². The molecule has 0 aromatic rings. The van der Waals surface area contributed by atoms with E-state index in [2.05, 4.69) is 10.6 Å². The van der Waals surface area contributed by atoms with Crippen LogP contribution in [0, 0.1) is 0 Å². The van der Waals surface area contributed by atoms with E-state index in [-0.39, 0.29) is 31.1 Å². The van der Waals surface area contributed by atoms with Crippen molar-refractivity contribution < 1.29 is 24.2 Å². The highest BCUT2D eigenvalue weighted by Gasteiger charge is 2.14. The molecule has 0 bridgehead atoms. The van der Waals surface area contributed by atoms with E-state index in [1.165, 1.54) is 7.11 Å². The lowest BCUT2D eigenvalue weighted by Gasteiger charge is -2.13. The van der Waals surface area contributed by atoms with Crippen LogP contribution in [0.5, 0.6) is 0 Å². The van der Waals surface area contributed by atoms with Crippen LogP contribution in [0.2, 0.25) is 0 Å². The number of carbonyl (C=O) groups is 3. The fourth-order valence-electron chi connectivity index (χ4n) is 1.21. The summed E-state index contributed by atoms with van der Waals surface area (Å²) >= 11 is 0. The summed E-state index contributed by atoms with van der Waals surface area (Å²) in [6.07, 6.45) is 0.309. The number of ether oxygens (including phenoxy) is 1. The van der Waals surface area contributed by atoms with Gasteiger partial charge in [0, 0.05) is 26.5 Å². The summed E-state index contributed by atoms with van der Waals surface area (Å²) in [4.78, 5) is 33.1. The molecule has 0 aliphatic carbocycles. The third-order valence-corrected chi connectivity index (χ3v) is 2.17. The van der Waals surface area contributed by atoms with Gasteiger partial charge in [0.15, 0.2) is 0 Å². The molecule has 7 heteroatoms. The number of hydrogen-bond acceptors (Lipinski definition) is 4. The van der Waals surface area contributed by atoms with Crippen molar-refractivity contribution >= 4 is 17.8 Å². The zero-order valence-electron chi connectivity index (χ0n) is 10.7. The average molecular weight is 260 g/mol. The second-order valence-electron chi connectivity index (χ2n) is 3.82. The summed E-state index contributed by atoms with van der Waals surface area (Å²) in [6, 6.07) is -0.640. The maximum Gasteiger partial charge on any atom is 0.303 e. The standard InChI is InChI=1S/C11H20N2O5/c1-8(11(17)12-6-7-18-2)13-9(14)4-3-5-10(15)16/h8H,3-7H2,1-2H3,(H,12,17)(H,13,14)(H,15,16). The number of amides is 2. The van der Waals surface area contributed by atoms with Crippen LogP contribution in [0.4, 0.5) is 0 Å². The van der Waals surface area contributed by atoms with Crippen LogP contribution in [-0.4, -0.2) is 49.2 Å². The molecule has 0 aromatic heterocycles. The van der Waals surface area contributed by atoms with E-state index in [1.807, 2.05) is 0 Å². The monoisotopic (exact) mass is 260 g/mol. The minimum Gasteiger partial charge on any atom is -0.481 e. The maximum absolute atomic E-state index is 11.5. The molecule has 2 amide bonds. The average Bonchev–Trinajstić information content (AvgIpc) is 2.28. The van der Waals surface area contributed by atoms with Gasteiger partial charge in [-0.15, -0.1) is 0 Å². The molecular weight excluding hydrogens is 240 g/mol. The summed E-state index contributed by atoms with van der Waals surface area (Å²) in [5.74, 6) is -1.56. The molecule has 0 saturated carbocycles. The van der Waals surface area contributed by atoms with Crippen molar-refractivity contribution in [1.82, 2.24) is 10.6 Å². The number of rotatable bonds is 9. The molecule has 0 spiro atoms. The number of carboxylic acids is 1. The fraction of sp³-hybridized carbons (Fsp3) is 0.727. The first-order chi connectivity index (χ1) is 8.47. The minimum atomic E-state index is -0.937. The van der Waals surface area contributed by atoms with E-state index in [0.29, 0.717) is 13.2 Å². The van der Waals surface area contributed by atoms with Crippen molar-refractivity contribution in [3.05, 3.63) is 0 Å². The molecule has 0 aromatic carbocycles. The molecule has 0 heterocycles. The first kappa shape index (κ1) is 16.4. The Morgan fingerprint density at radius 1 is 1.28 bits per heavy atom. The van der Waals surface area contributed by atoms with Crippen molar-refractivity contribution in [2.45, 2.75) is 32.2 Å². The molecule has 0 aliphatic heterocycles. The Kier molecular flexibility index (Phi) is 8.55. The number of methoxy groups -OCH3 is 1. The second kappa shape index (κ2) is 9.41. The number of carbonyl (C=O) groups excluding carboxylic acids is 2.